The van der Waals surface area contributed by atoms with Crippen LogP contribution in [-0.4, -0.2) is 39.6 Å². The van der Waals surface area contributed by atoms with Crippen molar-refractivity contribution in [3.05, 3.63) is 24.0 Å². The van der Waals surface area contributed by atoms with Gasteiger partial charge in [-0.2, -0.15) is 0 Å². The van der Waals surface area contributed by atoms with Crippen LogP contribution >= 0.6 is 0 Å². The molecule has 1 saturated heterocycles. The van der Waals surface area contributed by atoms with Gasteiger partial charge in [0.2, 0.25) is 10.0 Å². The Labute approximate surface area is 109 Å². The van der Waals surface area contributed by atoms with E-state index in [0.717, 1.165) is 6.07 Å². The average Bonchev–Trinajstić information content (AvgIpc) is 2.28. The summed E-state index contributed by atoms with van der Waals surface area (Å²) in [5.41, 5.74) is 0.215. The fraction of sp³-hybridized carbons (Fsp3) is 0.364. The molecule has 0 unspecified atom stereocenters. The smallest absolute Gasteiger partial charge is 0.310 e. The molecular formula is C11H13FN2O4S. The molecule has 0 atom stereocenters. The van der Waals surface area contributed by atoms with Crippen molar-refractivity contribution >= 4 is 21.7 Å². The maximum absolute atomic E-state index is 13.8. The molecule has 0 amide bonds. The van der Waals surface area contributed by atoms with Crippen molar-refractivity contribution in [2.75, 3.05) is 25.0 Å². The number of benzene rings is 1. The lowest BCUT2D eigenvalue weighted by molar-refractivity contribution is -0.142. The number of halogens is 1. The minimum atomic E-state index is -3.68. The Morgan fingerprint density at radius 3 is 2.58 bits per heavy atom. The minimum absolute atomic E-state index is 0.161. The molecule has 0 aliphatic carbocycles. The number of carboxylic acid groups (broad SMARTS) is 1. The van der Waals surface area contributed by atoms with Crippen LogP contribution in [0.3, 0.4) is 0 Å². The number of sulfonamides is 1. The van der Waals surface area contributed by atoms with Crippen LogP contribution in [0, 0.1) is 11.7 Å². The Hall–Kier alpha value is -1.67. The zero-order valence-corrected chi connectivity index (χ0v) is 10.9. The summed E-state index contributed by atoms with van der Waals surface area (Å²) in [6.07, 6.45) is 0. The molecule has 0 bridgehead atoms. The molecule has 1 aromatic rings. The summed E-state index contributed by atoms with van der Waals surface area (Å²) in [5, 5.41) is 8.74. The molecule has 19 heavy (non-hydrogen) atoms. The highest BCUT2D eigenvalue weighted by Gasteiger charge is 2.34. The summed E-state index contributed by atoms with van der Waals surface area (Å²) >= 11 is 0. The number of carbonyl (C=O) groups is 1. The number of carboxylic acids is 1. The largest absolute Gasteiger partial charge is 0.481 e. The highest BCUT2D eigenvalue weighted by atomic mass is 32.2. The van der Waals surface area contributed by atoms with Crippen LogP contribution in [0.4, 0.5) is 10.1 Å². The molecule has 2 N–H and O–H groups in total. The molecule has 1 heterocycles. The molecule has 104 valence electrons. The second-order valence-corrected chi connectivity index (χ2v) is 6.15. The van der Waals surface area contributed by atoms with Crippen LogP contribution in [0.25, 0.3) is 0 Å². The number of nitrogens with zero attached hydrogens (tertiary/aromatic N) is 1. The van der Waals surface area contributed by atoms with Crippen molar-refractivity contribution in [2.45, 2.75) is 4.90 Å². The first kappa shape index (κ1) is 13.8. The van der Waals surface area contributed by atoms with Crippen molar-refractivity contribution in [3.63, 3.8) is 0 Å². The van der Waals surface area contributed by atoms with Gasteiger partial charge in [0, 0.05) is 13.1 Å². The first-order valence-corrected chi connectivity index (χ1v) is 7.04. The molecule has 1 aliphatic rings. The molecule has 0 radical (unpaired) electrons. The highest BCUT2D eigenvalue weighted by Crippen LogP contribution is 2.28. The topological polar surface area (TPSA) is 86.7 Å². The Morgan fingerprint density at radius 1 is 1.47 bits per heavy atom. The monoisotopic (exact) mass is 288 g/mol. The van der Waals surface area contributed by atoms with Gasteiger partial charge in [-0.05, 0) is 25.2 Å². The van der Waals surface area contributed by atoms with Gasteiger partial charge in [-0.15, -0.1) is 0 Å². The number of rotatable bonds is 4. The third kappa shape index (κ3) is 2.54. The average molecular weight is 288 g/mol. The molecule has 0 aromatic heterocycles. The van der Waals surface area contributed by atoms with E-state index in [-0.39, 0.29) is 23.7 Å². The summed E-state index contributed by atoms with van der Waals surface area (Å²) in [4.78, 5) is 12.1. The zero-order chi connectivity index (χ0) is 14.2. The first-order valence-electron chi connectivity index (χ1n) is 5.56. The maximum atomic E-state index is 13.8. The van der Waals surface area contributed by atoms with E-state index in [2.05, 4.69) is 4.72 Å². The SMILES string of the molecule is CNS(=O)(=O)c1ccc(N2CC(C(=O)O)C2)c(F)c1. The number of anilines is 1. The van der Waals surface area contributed by atoms with Gasteiger partial charge in [0.15, 0.2) is 0 Å². The lowest BCUT2D eigenvalue weighted by atomic mass is 9.99. The zero-order valence-electron chi connectivity index (χ0n) is 10.1. The Morgan fingerprint density at radius 2 is 2.11 bits per heavy atom. The van der Waals surface area contributed by atoms with Crippen LogP contribution in [0.5, 0.6) is 0 Å². The van der Waals surface area contributed by atoms with Gasteiger partial charge in [-0.25, -0.2) is 17.5 Å². The van der Waals surface area contributed by atoms with Crippen molar-refractivity contribution in [1.29, 1.82) is 0 Å². The second kappa shape index (κ2) is 4.78. The summed E-state index contributed by atoms with van der Waals surface area (Å²) in [7, 11) is -2.43. The molecule has 1 aliphatic heterocycles. The van der Waals surface area contributed by atoms with Crippen LogP contribution in [-0.2, 0) is 14.8 Å². The first-order chi connectivity index (χ1) is 8.85. The van der Waals surface area contributed by atoms with E-state index in [0.29, 0.717) is 0 Å². The van der Waals surface area contributed by atoms with Gasteiger partial charge >= 0.3 is 5.97 Å². The molecule has 2 rings (SSSR count). The Bertz CT molecular complexity index is 611. The van der Waals surface area contributed by atoms with Gasteiger partial charge < -0.3 is 10.0 Å². The van der Waals surface area contributed by atoms with E-state index in [9.17, 15) is 17.6 Å². The van der Waals surface area contributed by atoms with Gasteiger partial charge in [0.1, 0.15) is 5.82 Å². The van der Waals surface area contributed by atoms with Crippen molar-refractivity contribution in [2.24, 2.45) is 5.92 Å². The van der Waals surface area contributed by atoms with E-state index >= 15 is 0 Å². The fourth-order valence-electron chi connectivity index (χ4n) is 1.86. The van der Waals surface area contributed by atoms with E-state index in [4.69, 9.17) is 5.11 Å². The van der Waals surface area contributed by atoms with E-state index < -0.39 is 27.7 Å². The molecule has 1 fully saturated rings. The van der Waals surface area contributed by atoms with Gasteiger partial charge in [-0.1, -0.05) is 0 Å². The summed E-state index contributed by atoms with van der Waals surface area (Å²) in [6, 6.07) is 3.56. The predicted octanol–water partition coefficient (Wildman–Crippen LogP) is 0.255. The minimum Gasteiger partial charge on any atom is -0.481 e. The summed E-state index contributed by atoms with van der Waals surface area (Å²) in [6.45, 7) is 0.453. The normalized spacial score (nSPS) is 16.2. The molecule has 8 heteroatoms. The maximum Gasteiger partial charge on any atom is 0.310 e. The van der Waals surface area contributed by atoms with Crippen LogP contribution in [0.2, 0.25) is 0 Å². The number of hydrogen-bond acceptors (Lipinski definition) is 4. The fourth-order valence-corrected chi connectivity index (χ4v) is 2.60. The van der Waals surface area contributed by atoms with Crippen LogP contribution in [0.1, 0.15) is 0 Å². The van der Waals surface area contributed by atoms with E-state index in [1.165, 1.54) is 19.2 Å². The van der Waals surface area contributed by atoms with Crippen molar-refractivity contribution in [3.8, 4) is 0 Å². The molecule has 0 saturated carbocycles. The number of aliphatic carboxylic acids is 1. The van der Waals surface area contributed by atoms with Gasteiger partial charge in [0.25, 0.3) is 0 Å². The lowest BCUT2D eigenvalue weighted by Crippen LogP contribution is -2.50. The molecule has 6 nitrogen and oxygen atoms in total. The van der Waals surface area contributed by atoms with E-state index in [1.54, 1.807) is 4.90 Å². The standard InChI is InChI=1S/C11H13FN2O4S/c1-13-19(17,18)8-2-3-10(9(12)4-8)14-5-7(6-14)11(15)16/h2-4,7,13H,5-6H2,1H3,(H,15,16). The summed E-state index contributed by atoms with van der Waals surface area (Å²) < 4.78 is 38.9. The van der Waals surface area contributed by atoms with Gasteiger partial charge in [-0.3, -0.25) is 4.79 Å². The van der Waals surface area contributed by atoms with Crippen molar-refractivity contribution < 1.29 is 22.7 Å². The molecule has 0 spiro atoms. The third-order valence-corrected chi connectivity index (χ3v) is 4.48. The summed E-state index contributed by atoms with van der Waals surface area (Å²) in [5.74, 6) is -2.09. The van der Waals surface area contributed by atoms with Gasteiger partial charge in [0.05, 0.1) is 16.5 Å². The lowest BCUT2D eigenvalue weighted by Gasteiger charge is -2.38. The Balaban J connectivity index is 2.20. The van der Waals surface area contributed by atoms with Crippen LogP contribution in [0.15, 0.2) is 23.1 Å². The van der Waals surface area contributed by atoms with Crippen molar-refractivity contribution in [1.82, 2.24) is 4.72 Å². The third-order valence-electron chi connectivity index (χ3n) is 3.07. The predicted molar refractivity (Wildman–Crippen MR) is 66.0 cm³/mol. The number of nitrogens with one attached hydrogen (secondary N) is 1. The quantitative estimate of drug-likeness (QED) is 0.829. The Kier molecular flexibility index (Phi) is 3.46. The van der Waals surface area contributed by atoms with E-state index in [1.807, 2.05) is 0 Å². The van der Waals surface area contributed by atoms with Crippen LogP contribution < -0.4 is 9.62 Å². The number of hydrogen-bond donors (Lipinski definition) is 2. The molecule has 1 aromatic carbocycles. The second-order valence-electron chi connectivity index (χ2n) is 4.26. The highest BCUT2D eigenvalue weighted by molar-refractivity contribution is 7.89. The molecular weight excluding hydrogens is 275 g/mol.